The molecule has 0 spiro atoms. The van der Waals surface area contributed by atoms with E-state index in [1.165, 1.54) is 15.6 Å². The molecule has 1 unspecified atom stereocenters. The third-order valence-corrected chi connectivity index (χ3v) is 7.21. The Labute approximate surface area is 173 Å². The molecule has 3 rings (SSSR count). The summed E-state index contributed by atoms with van der Waals surface area (Å²) in [7, 11) is 1.27. The fourth-order valence-corrected chi connectivity index (χ4v) is 5.77. The zero-order chi connectivity index (χ0) is 21.2. The van der Waals surface area contributed by atoms with Crippen LogP contribution in [0.15, 0.2) is 17.1 Å². The first kappa shape index (κ1) is 21.8. The largest absolute Gasteiger partial charge is 0.495 e. The van der Waals surface area contributed by atoms with Crippen LogP contribution < -0.4 is 14.3 Å². The van der Waals surface area contributed by atoms with Crippen molar-refractivity contribution in [2.75, 3.05) is 40.7 Å². The number of aromatic nitrogens is 1. The summed E-state index contributed by atoms with van der Waals surface area (Å²) in [4.78, 5) is 17.7. The molecule has 1 saturated heterocycles. The lowest BCUT2D eigenvalue weighted by atomic mass is 10.2. The summed E-state index contributed by atoms with van der Waals surface area (Å²) in [5, 5.41) is 0. The van der Waals surface area contributed by atoms with Gasteiger partial charge in [-0.1, -0.05) is 11.3 Å². The Morgan fingerprint density at radius 2 is 1.93 bits per heavy atom. The standard InChI is InChI=1S/C18H25N3O6S2/c1-25-11-10-20-15-13(26-2)7-8-14(27-3)16(15)28-18(20)19-17(22)12-6-5-9-21(12)29(4,23)24/h7-8,12H,5-6,9-11H2,1-4H3. The minimum absolute atomic E-state index is 0.336. The number of carbonyl (C=O) groups is 1. The van der Waals surface area contributed by atoms with Gasteiger partial charge in [-0.25, -0.2) is 8.42 Å². The molecule has 1 amide bonds. The zero-order valence-corrected chi connectivity index (χ0v) is 18.5. The maximum atomic E-state index is 12.9. The number of nitrogens with zero attached hydrogens (tertiary/aromatic N) is 3. The molecule has 1 fully saturated rings. The predicted molar refractivity (Wildman–Crippen MR) is 110 cm³/mol. The zero-order valence-electron chi connectivity index (χ0n) is 16.9. The van der Waals surface area contributed by atoms with E-state index < -0.39 is 22.0 Å². The highest BCUT2D eigenvalue weighted by Crippen LogP contribution is 2.35. The Kier molecular flexibility index (Phi) is 6.62. The van der Waals surface area contributed by atoms with Crippen LogP contribution in [0, 0.1) is 0 Å². The summed E-state index contributed by atoms with van der Waals surface area (Å²) in [5.41, 5.74) is 0.756. The predicted octanol–water partition coefficient (Wildman–Crippen LogP) is 1.22. The van der Waals surface area contributed by atoms with Gasteiger partial charge in [0, 0.05) is 20.2 Å². The van der Waals surface area contributed by atoms with Crippen molar-refractivity contribution in [1.82, 2.24) is 8.87 Å². The van der Waals surface area contributed by atoms with Crippen LogP contribution >= 0.6 is 11.3 Å². The molecular weight excluding hydrogens is 418 g/mol. The third-order valence-electron chi connectivity index (χ3n) is 4.83. The first-order chi connectivity index (χ1) is 13.8. The van der Waals surface area contributed by atoms with E-state index in [1.54, 1.807) is 33.5 Å². The molecule has 1 aromatic heterocycles. The number of thiazole rings is 1. The summed E-state index contributed by atoms with van der Waals surface area (Å²) in [6.45, 7) is 1.20. The Balaban J connectivity index is 2.16. The van der Waals surface area contributed by atoms with E-state index in [0.717, 1.165) is 16.5 Å². The van der Waals surface area contributed by atoms with Gasteiger partial charge in [-0.2, -0.15) is 9.30 Å². The number of rotatable bonds is 7. The Morgan fingerprint density at radius 3 is 2.55 bits per heavy atom. The normalized spacial score (nSPS) is 18.5. The second-order valence-corrected chi connectivity index (χ2v) is 9.57. The fraction of sp³-hybridized carbons (Fsp3) is 0.556. The van der Waals surface area contributed by atoms with Gasteiger partial charge in [0.1, 0.15) is 27.8 Å². The quantitative estimate of drug-likeness (QED) is 0.638. The first-order valence-corrected chi connectivity index (χ1v) is 11.8. The Morgan fingerprint density at radius 1 is 1.24 bits per heavy atom. The third kappa shape index (κ3) is 4.32. The second kappa shape index (κ2) is 8.82. The highest BCUT2D eigenvalue weighted by atomic mass is 32.2. The van der Waals surface area contributed by atoms with Crippen LogP contribution in [0.3, 0.4) is 0 Å². The average Bonchev–Trinajstić information content (AvgIpc) is 3.31. The minimum atomic E-state index is -3.47. The van der Waals surface area contributed by atoms with Gasteiger partial charge in [-0.05, 0) is 25.0 Å². The van der Waals surface area contributed by atoms with E-state index in [9.17, 15) is 13.2 Å². The molecule has 29 heavy (non-hydrogen) atoms. The van der Waals surface area contributed by atoms with Crippen molar-refractivity contribution in [2.45, 2.75) is 25.4 Å². The lowest BCUT2D eigenvalue weighted by molar-refractivity contribution is -0.121. The molecule has 1 atom stereocenters. The van der Waals surface area contributed by atoms with Gasteiger partial charge >= 0.3 is 0 Å². The topological polar surface area (TPSA) is 99.4 Å². The van der Waals surface area contributed by atoms with Crippen molar-refractivity contribution in [2.24, 2.45) is 4.99 Å². The maximum absolute atomic E-state index is 12.9. The number of ether oxygens (including phenoxy) is 3. The molecule has 2 heterocycles. The fourth-order valence-electron chi connectivity index (χ4n) is 3.48. The maximum Gasteiger partial charge on any atom is 0.266 e. The molecule has 0 aliphatic carbocycles. The van der Waals surface area contributed by atoms with Crippen molar-refractivity contribution in [3.63, 3.8) is 0 Å². The van der Waals surface area contributed by atoms with Crippen molar-refractivity contribution < 1.29 is 27.4 Å². The van der Waals surface area contributed by atoms with Gasteiger partial charge in [-0.3, -0.25) is 4.79 Å². The molecule has 0 radical (unpaired) electrons. The number of methoxy groups -OCH3 is 3. The van der Waals surface area contributed by atoms with Crippen molar-refractivity contribution in [1.29, 1.82) is 0 Å². The van der Waals surface area contributed by atoms with Crippen LogP contribution in [0.4, 0.5) is 0 Å². The number of amides is 1. The van der Waals surface area contributed by atoms with Gasteiger partial charge in [0.2, 0.25) is 10.0 Å². The number of sulfonamides is 1. The molecule has 0 bridgehead atoms. The highest BCUT2D eigenvalue weighted by molar-refractivity contribution is 7.88. The van der Waals surface area contributed by atoms with Crippen molar-refractivity contribution in [3.05, 3.63) is 16.9 Å². The summed E-state index contributed by atoms with van der Waals surface area (Å²) in [5.74, 6) is 0.800. The van der Waals surface area contributed by atoms with E-state index >= 15 is 0 Å². The van der Waals surface area contributed by atoms with E-state index in [0.29, 0.717) is 48.8 Å². The summed E-state index contributed by atoms with van der Waals surface area (Å²) in [6.07, 6.45) is 2.22. The van der Waals surface area contributed by atoms with Gasteiger partial charge in [0.05, 0.1) is 27.1 Å². The van der Waals surface area contributed by atoms with E-state index in [1.807, 2.05) is 4.57 Å². The molecule has 11 heteroatoms. The molecule has 2 aromatic rings. The van der Waals surface area contributed by atoms with E-state index in [2.05, 4.69) is 4.99 Å². The minimum Gasteiger partial charge on any atom is -0.495 e. The monoisotopic (exact) mass is 443 g/mol. The van der Waals surface area contributed by atoms with Crippen molar-refractivity contribution >= 4 is 37.5 Å². The van der Waals surface area contributed by atoms with Gasteiger partial charge in [0.25, 0.3) is 5.91 Å². The van der Waals surface area contributed by atoms with Gasteiger partial charge in [0.15, 0.2) is 4.80 Å². The molecule has 0 N–H and O–H groups in total. The number of fused-ring (bicyclic) bond motifs is 1. The van der Waals surface area contributed by atoms with Gasteiger partial charge in [-0.15, -0.1) is 0 Å². The number of benzene rings is 1. The Bertz CT molecular complexity index is 1070. The molecule has 0 saturated carbocycles. The lowest BCUT2D eigenvalue weighted by Crippen LogP contribution is -2.40. The van der Waals surface area contributed by atoms with Crippen LogP contribution in [-0.2, 0) is 26.1 Å². The van der Waals surface area contributed by atoms with Crippen LogP contribution in [0.25, 0.3) is 10.2 Å². The number of hydrogen-bond donors (Lipinski definition) is 0. The second-order valence-electron chi connectivity index (χ2n) is 6.66. The van der Waals surface area contributed by atoms with Crippen LogP contribution in [0.5, 0.6) is 11.5 Å². The summed E-state index contributed by atoms with van der Waals surface area (Å²) >= 11 is 1.30. The lowest BCUT2D eigenvalue weighted by Gasteiger charge is -2.18. The molecular formula is C18H25N3O6S2. The van der Waals surface area contributed by atoms with Gasteiger partial charge < -0.3 is 18.8 Å². The molecule has 1 aliphatic heterocycles. The summed E-state index contributed by atoms with van der Waals surface area (Å²) < 4.78 is 44.0. The van der Waals surface area contributed by atoms with E-state index in [-0.39, 0.29) is 0 Å². The average molecular weight is 444 g/mol. The highest BCUT2D eigenvalue weighted by Gasteiger charge is 2.36. The number of carbonyl (C=O) groups excluding carboxylic acids is 1. The molecule has 1 aromatic carbocycles. The molecule has 1 aliphatic rings. The molecule has 160 valence electrons. The number of hydrogen-bond acceptors (Lipinski definition) is 7. The van der Waals surface area contributed by atoms with E-state index in [4.69, 9.17) is 14.2 Å². The smallest absolute Gasteiger partial charge is 0.266 e. The Hall–Kier alpha value is -1.95. The van der Waals surface area contributed by atoms with Crippen molar-refractivity contribution in [3.8, 4) is 11.5 Å². The summed E-state index contributed by atoms with van der Waals surface area (Å²) in [6, 6.07) is 2.83. The van der Waals surface area contributed by atoms with Crippen LogP contribution in [0.1, 0.15) is 12.8 Å². The van der Waals surface area contributed by atoms with Crippen LogP contribution in [0.2, 0.25) is 0 Å². The molecule has 9 nitrogen and oxygen atoms in total. The van der Waals surface area contributed by atoms with Crippen LogP contribution in [-0.4, -0.2) is 70.0 Å². The first-order valence-electron chi connectivity index (χ1n) is 9.10. The SMILES string of the molecule is COCCn1c(=NC(=O)C2CCCN2S(C)(=O)=O)sc2c(OC)ccc(OC)c21.